The van der Waals surface area contributed by atoms with Gasteiger partial charge in [-0.05, 0) is 31.5 Å². The van der Waals surface area contributed by atoms with E-state index < -0.39 is 0 Å². The number of H-pyrrole nitrogens is 1. The summed E-state index contributed by atoms with van der Waals surface area (Å²) >= 11 is 0. The molecule has 4 heterocycles. The lowest BCUT2D eigenvalue weighted by atomic mass is 10.0. The monoisotopic (exact) mass is 376 g/mol. The predicted molar refractivity (Wildman–Crippen MR) is 105 cm³/mol. The van der Waals surface area contributed by atoms with Crippen molar-refractivity contribution in [2.45, 2.75) is 25.4 Å². The lowest BCUT2D eigenvalue weighted by Crippen LogP contribution is -2.39. The zero-order chi connectivity index (χ0) is 19.1. The minimum atomic E-state index is -0.117. The van der Waals surface area contributed by atoms with Gasteiger partial charge in [0.2, 0.25) is 0 Å². The normalized spacial score (nSPS) is 18.1. The zero-order valence-corrected chi connectivity index (χ0v) is 15.3. The van der Waals surface area contributed by atoms with Crippen molar-refractivity contribution in [1.82, 2.24) is 29.0 Å². The minimum Gasteiger partial charge on any atom is -0.297 e. The van der Waals surface area contributed by atoms with E-state index in [1.807, 2.05) is 24.3 Å². The Morgan fingerprint density at radius 2 is 2.07 bits per heavy atom. The van der Waals surface area contributed by atoms with Crippen LogP contribution in [0.25, 0.3) is 16.6 Å². The number of fused-ring (bicyclic) bond motifs is 2. The number of hydrogen-bond acceptors (Lipinski definition) is 5. The molecule has 3 aromatic heterocycles. The maximum Gasteiger partial charge on any atom is 0.272 e. The molecule has 1 aliphatic heterocycles. The van der Waals surface area contributed by atoms with Crippen LogP contribution in [0.4, 0.5) is 0 Å². The summed E-state index contributed by atoms with van der Waals surface area (Å²) in [7, 11) is 0. The second kappa shape index (κ2) is 6.72. The molecule has 1 unspecified atom stereocenters. The SMILES string of the molecule is O=c1c2ccccc2ncn1C1CCCN(Cc2cc(=O)n3[nH]ccc3n2)C1. The van der Waals surface area contributed by atoms with E-state index in [-0.39, 0.29) is 17.2 Å². The summed E-state index contributed by atoms with van der Waals surface area (Å²) in [6, 6.07) is 10.8. The second-order valence-electron chi connectivity index (χ2n) is 7.25. The highest BCUT2D eigenvalue weighted by Gasteiger charge is 2.23. The maximum atomic E-state index is 12.9. The molecule has 28 heavy (non-hydrogen) atoms. The summed E-state index contributed by atoms with van der Waals surface area (Å²) in [5.74, 6) is 0. The Morgan fingerprint density at radius 1 is 1.18 bits per heavy atom. The third kappa shape index (κ3) is 2.91. The van der Waals surface area contributed by atoms with Crippen LogP contribution in [-0.4, -0.2) is 42.1 Å². The van der Waals surface area contributed by atoms with E-state index in [0.29, 0.717) is 17.6 Å². The topological polar surface area (TPSA) is 88.3 Å². The van der Waals surface area contributed by atoms with Gasteiger partial charge in [0, 0.05) is 31.4 Å². The van der Waals surface area contributed by atoms with Gasteiger partial charge in [-0.3, -0.25) is 24.2 Å². The van der Waals surface area contributed by atoms with Crippen LogP contribution in [0.3, 0.4) is 0 Å². The molecule has 0 bridgehead atoms. The first-order chi connectivity index (χ1) is 13.7. The molecule has 0 radical (unpaired) electrons. The number of hydrogen-bond donors (Lipinski definition) is 1. The first kappa shape index (κ1) is 16.9. The number of nitrogens with one attached hydrogen (secondary N) is 1. The summed E-state index contributed by atoms with van der Waals surface area (Å²) in [5.41, 5.74) is 1.97. The molecule has 1 aromatic carbocycles. The first-order valence-corrected chi connectivity index (χ1v) is 9.43. The molecule has 1 atom stereocenters. The van der Waals surface area contributed by atoms with Gasteiger partial charge in [-0.1, -0.05) is 12.1 Å². The standard InChI is InChI=1S/C20H20N6O2/c27-19-10-14(23-18-7-8-22-26(18)19)11-24-9-3-4-15(12-24)25-13-21-17-6-2-1-5-16(17)20(25)28/h1-2,5-8,10,13,15,22H,3-4,9,11-12H2. The fourth-order valence-corrected chi connectivity index (χ4v) is 4.03. The average Bonchev–Trinajstić information content (AvgIpc) is 3.18. The lowest BCUT2D eigenvalue weighted by Gasteiger charge is -2.33. The largest absolute Gasteiger partial charge is 0.297 e. The van der Waals surface area contributed by atoms with E-state index in [9.17, 15) is 9.59 Å². The van der Waals surface area contributed by atoms with Crippen LogP contribution < -0.4 is 11.1 Å². The number of aromatic nitrogens is 5. The van der Waals surface area contributed by atoms with E-state index in [4.69, 9.17) is 0 Å². The van der Waals surface area contributed by atoms with E-state index in [1.54, 1.807) is 29.2 Å². The van der Waals surface area contributed by atoms with Crippen molar-refractivity contribution in [1.29, 1.82) is 0 Å². The van der Waals surface area contributed by atoms with Crippen LogP contribution in [0.2, 0.25) is 0 Å². The van der Waals surface area contributed by atoms with Crippen LogP contribution in [0, 0.1) is 0 Å². The van der Waals surface area contributed by atoms with Gasteiger partial charge < -0.3 is 0 Å². The minimum absolute atomic E-state index is 0.00237. The Balaban J connectivity index is 1.41. The molecule has 1 saturated heterocycles. The molecule has 4 aromatic rings. The number of rotatable bonds is 3. The number of aromatic amines is 1. The van der Waals surface area contributed by atoms with Crippen molar-refractivity contribution in [3.63, 3.8) is 0 Å². The molecule has 1 aliphatic rings. The van der Waals surface area contributed by atoms with Crippen LogP contribution >= 0.6 is 0 Å². The molecule has 0 amide bonds. The quantitative estimate of drug-likeness (QED) is 0.586. The van der Waals surface area contributed by atoms with Gasteiger partial charge >= 0.3 is 0 Å². The number of para-hydroxylation sites is 1. The average molecular weight is 376 g/mol. The summed E-state index contributed by atoms with van der Waals surface area (Å²) < 4.78 is 3.18. The van der Waals surface area contributed by atoms with Gasteiger partial charge in [-0.25, -0.2) is 14.5 Å². The molecule has 0 spiro atoms. The fourth-order valence-electron chi connectivity index (χ4n) is 4.03. The molecular weight excluding hydrogens is 356 g/mol. The summed E-state index contributed by atoms with van der Waals surface area (Å²) in [5, 5.41) is 3.50. The van der Waals surface area contributed by atoms with Crippen molar-refractivity contribution in [2.75, 3.05) is 13.1 Å². The van der Waals surface area contributed by atoms with Crippen LogP contribution in [-0.2, 0) is 6.54 Å². The van der Waals surface area contributed by atoms with Gasteiger partial charge in [-0.2, -0.15) is 0 Å². The Morgan fingerprint density at radius 3 is 3.00 bits per heavy atom. The van der Waals surface area contributed by atoms with Gasteiger partial charge in [0.15, 0.2) is 5.65 Å². The maximum absolute atomic E-state index is 12.9. The molecule has 1 fully saturated rings. The van der Waals surface area contributed by atoms with Crippen LogP contribution in [0.5, 0.6) is 0 Å². The van der Waals surface area contributed by atoms with Crippen molar-refractivity contribution in [2.24, 2.45) is 0 Å². The number of nitrogens with zero attached hydrogens (tertiary/aromatic N) is 5. The molecule has 142 valence electrons. The molecule has 8 heteroatoms. The molecule has 8 nitrogen and oxygen atoms in total. The lowest BCUT2D eigenvalue weighted by molar-refractivity contribution is 0.166. The van der Waals surface area contributed by atoms with Gasteiger partial charge in [0.25, 0.3) is 11.1 Å². The van der Waals surface area contributed by atoms with E-state index >= 15 is 0 Å². The highest BCUT2D eigenvalue weighted by atomic mass is 16.1. The second-order valence-corrected chi connectivity index (χ2v) is 7.25. The van der Waals surface area contributed by atoms with E-state index in [2.05, 4.69) is 20.0 Å². The summed E-state index contributed by atoms with van der Waals surface area (Å²) in [4.78, 5) is 36.3. The molecule has 0 saturated carbocycles. The molecule has 1 N–H and O–H groups in total. The third-order valence-electron chi connectivity index (χ3n) is 5.38. The predicted octanol–water partition coefficient (Wildman–Crippen LogP) is 1.57. The van der Waals surface area contributed by atoms with E-state index in [0.717, 1.165) is 37.1 Å². The van der Waals surface area contributed by atoms with Crippen molar-refractivity contribution < 1.29 is 0 Å². The smallest absolute Gasteiger partial charge is 0.272 e. The van der Waals surface area contributed by atoms with Crippen LogP contribution in [0.15, 0.2) is 58.5 Å². The Hall–Kier alpha value is -3.26. The Bertz CT molecular complexity index is 1270. The molecule has 0 aliphatic carbocycles. The highest BCUT2D eigenvalue weighted by molar-refractivity contribution is 5.76. The molecular formula is C20H20N6O2. The van der Waals surface area contributed by atoms with Gasteiger partial charge in [-0.15, -0.1) is 0 Å². The fraction of sp³-hybridized carbons (Fsp3) is 0.300. The third-order valence-corrected chi connectivity index (χ3v) is 5.38. The van der Waals surface area contributed by atoms with Crippen molar-refractivity contribution in [3.8, 4) is 0 Å². The van der Waals surface area contributed by atoms with E-state index in [1.165, 1.54) is 4.52 Å². The Kier molecular flexibility index (Phi) is 4.05. The van der Waals surface area contributed by atoms with Crippen molar-refractivity contribution >= 4 is 16.6 Å². The number of piperidine rings is 1. The summed E-state index contributed by atoms with van der Waals surface area (Å²) in [6.45, 7) is 2.23. The van der Waals surface area contributed by atoms with Gasteiger partial charge in [0.1, 0.15) is 0 Å². The van der Waals surface area contributed by atoms with Crippen molar-refractivity contribution in [3.05, 3.63) is 75.3 Å². The number of likely N-dealkylation sites (tertiary alicyclic amines) is 1. The molecule has 5 rings (SSSR count). The Labute approximate surface area is 160 Å². The van der Waals surface area contributed by atoms with Crippen LogP contribution in [0.1, 0.15) is 24.6 Å². The zero-order valence-electron chi connectivity index (χ0n) is 15.3. The van der Waals surface area contributed by atoms with Gasteiger partial charge in [0.05, 0.1) is 29.0 Å². The highest BCUT2D eigenvalue weighted by Crippen LogP contribution is 2.22. The first-order valence-electron chi connectivity index (χ1n) is 9.43. The number of benzene rings is 1. The summed E-state index contributed by atoms with van der Waals surface area (Å²) in [6.07, 6.45) is 5.28.